The molecule has 0 saturated heterocycles. The van der Waals surface area contributed by atoms with Gasteiger partial charge in [-0.25, -0.2) is 0 Å². The molecule has 0 aliphatic carbocycles. The van der Waals surface area contributed by atoms with Crippen LogP contribution in [0.2, 0.25) is 10.2 Å². The number of hydrogen-bond acceptors (Lipinski definition) is 1. The van der Waals surface area contributed by atoms with Gasteiger partial charge >= 0.3 is 0 Å². The Morgan fingerprint density at radius 1 is 1.33 bits per heavy atom. The molecule has 0 unspecified atom stereocenters. The highest BCUT2D eigenvalue weighted by Crippen LogP contribution is 2.14. The van der Waals surface area contributed by atoms with E-state index in [1.807, 2.05) is 0 Å². The highest BCUT2D eigenvalue weighted by atomic mass is 35.5. The van der Waals surface area contributed by atoms with Crippen molar-refractivity contribution in [2.45, 2.75) is 0 Å². The summed E-state index contributed by atoms with van der Waals surface area (Å²) >= 11 is 10.9. The Labute approximate surface area is 61.4 Å². The van der Waals surface area contributed by atoms with Gasteiger partial charge in [-0.2, -0.15) is 0 Å². The van der Waals surface area contributed by atoms with Gasteiger partial charge in [-0.1, -0.05) is 23.2 Å². The van der Waals surface area contributed by atoms with Crippen LogP contribution in [0.1, 0.15) is 0 Å². The second kappa shape index (κ2) is 2.42. The molecular weight excluding hydrogens is 161 g/mol. The Morgan fingerprint density at radius 2 is 2.00 bits per heavy atom. The minimum atomic E-state index is -0.246. The Hall–Kier alpha value is -0.470. The van der Waals surface area contributed by atoms with Crippen LogP contribution >= 0.6 is 23.2 Å². The van der Waals surface area contributed by atoms with E-state index in [4.69, 9.17) is 23.2 Å². The molecule has 2 nitrogen and oxygen atoms in total. The number of H-pyrrole nitrogens is 1. The predicted molar refractivity (Wildman–Crippen MR) is 37.1 cm³/mol. The van der Waals surface area contributed by atoms with Crippen molar-refractivity contribution in [3.8, 4) is 0 Å². The number of nitrogens with one attached hydrogen (secondary N) is 1. The van der Waals surface area contributed by atoms with Gasteiger partial charge in [0, 0.05) is 6.07 Å². The molecule has 0 fully saturated rings. The fourth-order valence-electron chi connectivity index (χ4n) is 0.432. The first-order valence-corrected chi connectivity index (χ1v) is 3.00. The summed E-state index contributed by atoms with van der Waals surface area (Å²) in [4.78, 5) is 12.8. The Kier molecular flexibility index (Phi) is 1.78. The monoisotopic (exact) mass is 163 g/mol. The first-order chi connectivity index (χ1) is 4.20. The van der Waals surface area contributed by atoms with Crippen LogP contribution in [-0.4, -0.2) is 4.98 Å². The minimum absolute atomic E-state index is 0.184. The van der Waals surface area contributed by atoms with Crippen LogP contribution in [0.4, 0.5) is 0 Å². The average Bonchev–Trinajstić information content (AvgIpc) is 1.80. The van der Waals surface area contributed by atoms with Crippen molar-refractivity contribution < 1.29 is 0 Å². The van der Waals surface area contributed by atoms with Crippen molar-refractivity contribution >= 4 is 23.2 Å². The third-order valence-electron chi connectivity index (χ3n) is 0.824. The maximum Gasteiger partial charge on any atom is 0.249 e. The van der Waals surface area contributed by atoms with Gasteiger partial charge in [-0.05, 0) is 6.07 Å². The Balaban J connectivity index is 3.34. The van der Waals surface area contributed by atoms with Crippen molar-refractivity contribution in [3.05, 3.63) is 32.7 Å². The molecule has 48 valence electrons. The van der Waals surface area contributed by atoms with Crippen LogP contribution < -0.4 is 5.56 Å². The molecule has 0 spiro atoms. The molecule has 1 N–H and O–H groups in total. The summed E-state index contributed by atoms with van der Waals surface area (Å²) < 4.78 is 0. The highest BCUT2D eigenvalue weighted by Gasteiger charge is 1.93. The summed E-state index contributed by atoms with van der Waals surface area (Å²) in [6.07, 6.45) is 0. The molecule has 4 heteroatoms. The zero-order valence-electron chi connectivity index (χ0n) is 4.32. The molecule has 0 aliphatic rings. The smallest absolute Gasteiger partial charge is 0.249 e. The van der Waals surface area contributed by atoms with Gasteiger partial charge in [-0.15, -0.1) is 0 Å². The topological polar surface area (TPSA) is 32.9 Å². The van der Waals surface area contributed by atoms with Crippen molar-refractivity contribution in [1.82, 2.24) is 4.98 Å². The lowest BCUT2D eigenvalue weighted by Gasteiger charge is -1.89. The van der Waals surface area contributed by atoms with Gasteiger partial charge in [0.15, 0.2) is 0 Å². The minimum Gasteiger partial charge on any atom is -0.312 e. The number of rotatable bonds is 0. The molecule has 0 amide bonds. The predicted octanol–water partition coefficient (Wildman–Crippen LogP) is 1.68. The van der Waals surface area contributed by atoms with Gasteiger partial charge in [-0.3, -0.25) is 4.79 Å². The van der Waals surface area contributed by atoms with Gasteiger partial charge < -0.3 is 4.98 Å². The maximum atomic E-state index is 10.4. The van der Waals surface area contributed by atoms with E-state index >= 15 is 0 Å². The molecule has 0 bridgehead atoms. The normalized spacial score (nSPS) is 9.56. The van der Waals surface area contributed by atoms with Gasteiger partial charge in [0.2, 0.25) is 5.56 Å². The van der Waals surface area contributed by atoms with E-state index in [0.717, 1.165) is 0 Å². The molecule has 0 aliphatic heterocycles. The van der Waals surface area contributed by atoms with E-state index in [1.54, 1.807) is 0 Å². The Bertz CT molecular complexity index is 268. The van der Waals surface area contributed by atoms with E-state index in [2.05, 4.69) is 4.98 Å². The summed E-state index contributed by atoms with van der Waals surface area (Å²) in [6.45, 7) is 0. The molecule has 0 aromatic carbocycles. The number of halogens is 2. The van der Waals surface area contributed by atoms with E-state index in [9.17, 15) is 4.79 Å². The standard InChI is InChI=1S/C5H3Cl2NO/c6-3-1-2-4(9)8-5(3)7/h1-2H,(H,8,9). The SMILES string of the molecule is O=c1ccc(Cl)c(Cl)[nH]1. The first kappa shape index (κ1) is 6.65. The first-order valence-electron chi connectivity index (χ1n) is 2.24. The zero-order valence-corrected chi connectivity index (χ0v) is 5.83. The number of aromatic nitrogens is 1. The van der Waals surface area contributed by atoms with E-state index in [0.29, 0.717) is 5.02 Å². The van der Waals surface area contributed by atoms with Gasteiger partial charge in [0.1, 0.15) is 5.15 Å². The van der Waals surface area contributed by atoms with Gasteiger partial charge in [0.25, 0.3) is 0 Å². The summed E-state index contributed by atoms with van der Waals surface area (Å²) in [7, 11) is 0. The largest absolute Gasteiger partial charge is 0.312 e. The van der Waals surface area contributed by atoms with Crippen LogP contribution in [0.3, 0.4) is 0 Å². The highest BCUT2D eigenvalue weighted by molar-refractivity contribution is 6.41. The van der Waals surface area contributed by atoms with Crippen LogP contribution in [0.15, 0.2) is 16.9 Å². The molecule has 1 aromatic heterocycles. The maximum absolute atomic E-state index is 10.4. The number of hydrogen-bond donors (Lipinski definition) is 1. The van der Waals surface area contributed by atoms with E-state index < -0.39 is 0 Å². The van der Waals surface area contributed by atoms with Crippen LogP contribution in [-0.2, 0) is 0 Å². The van der Waals surface area contributed by atoms with Crippen molar-refractivity contribution in [2.75, 3.05) is 0 Å². The zero-order chi connectivity index (χ0) is 6.85. The third kappa shape index (κ3) is 1.47. The average molecular weight is 164 g/mol. The van der Waals surface area contributed by atoms with Crippen molar-refractivity contribution in [1.29, 1.82) is 0 Å². The molecular formula is C5H3Cl2NO. The summed E-state index contributed by atoms with van der Waals surface area (Å²) in [5.41, 5.74) is -0.246. The Morgan fingerprint density at radius 3 is 2.44 bits per heavy atom. The molecule has 9 heavy (non-hydrogen) atoms. The molecule has 1 aromatic rings. The number of pyridine rings is 1. The van der Waals surface area contributed by atoms with Crippen molar-refractivity contribution in [2.24, 2.45) is 0 Å². The molecule has 0 atom stereocenters. The number of aromatic amines is 1. The lowest BCUT2D eigenvalue weighted by Crippen LogP contribution is -2.01. The van der Waals surface area contributed by atoms with Crippen LogP contribution in [0.25, 0.3) is 0 Å². The summed E-state index contributed by atoms with van der Waals surface area (Å²) in [5.74, 6) is 0. The van der Waals surface area contributed by atoms with Gasteiger partial charge in [0.05, 0.1) is 5.02 Å². The fraction of sp³-hybridized carbons (Fsp3) is 0. The van der Waals surface area contributed by atoms with Crippen LogP contribution in [0, 0.1) is 0 Å². The molecule has 1 rings (SSSR count). The summed E-state index contributed by atoms with van der Waals surface area (Å²) in [5, 5.41) is 0.542. The van der Waals surface area contributed by atoms with Crippen LogP contribution in [0.5, 0.6) is 0 Å². The molecule has 1 heterocycles. The fourth-order valence-corrected chi connectivity index (χ4v) is 0.698. The quantitative estimate of drug-likeness (QED) is 0.581. The van der Waals surface area contributed by atoms with E-state index in [-0.39, 0.29) is 10.7 Å². The lowest BCUT2D eigenvalue weighted by atomic mass is 10.5. The summed E-state index contributed by atoms with van der Waals surface area (Å²) in [6, 6.07) is 2.76. The third-order valence-corrected chi connectivity index (χ3v) is 1.53. The van der Waals surface area contributed by atoms with Crippen molar-refractivity contribution in [3.63, 3.8) is 0 Å². The second-order valence-electron chi connectivity index (χ2n) is 1.48. The molecule has 0 saturated carbocycles. The van der Waals surface area contributed by atoms with E-state index in [1.165, 1.54) is 12.1 Å². The molecule has 0 radical (unpaired) electrons. The lowest BCUT2D eigenvalue weighted by molar-refractivity contribution is 1.24. The second-order valence-corrected chi connectivity index (χ2v) is 2.27.